The molecule has 2 aliphatic rings. The minimum atomic E-state index is -0.809. The van der Waals surface area contributed by atoms with Crippen molar-refractivity contribution in [1.82, 2.24) is 9.47 Å². The van der Waals surface area contributed by atoms with Gasteiger partial charge in [-0.15, -0.1) is 0 Å². The van der Waals surface area contributed by atoms with E-state index in [9.17, 15) is 14.4 Å². The monoisotopic (exact) mass is 651 g/mol. The zero-order valence-electron chi connectivity index (χ0n) is 26.5. The second-order valence-electron chi connectivity index (χ2n) is 10.3. The Hall–Kier alpha value is -4.62. The van der Waals surface area contributed by atoms with E-state index in [1.54, 1.807) is 61.2 Å². The number of carbonyl (C=O) groups excluding carboxylic acids is 2. The lowest BCUT2D eigenvalue weighted by atomic mass is 9.95. The van der Waals surface area contributed by atoms with Gasteiger partial charge in [-0.2, -0.15) is 0 Å². The van der Waals surface area contributed by atoms with Gasteiger partial charge in [0, 0.05) is 13.1 Å². The molecular weight excluding hydrogens is 614 g/mol. The Balaban J connectivity index is 1.53. The fraction of sp³-hybridized carbons (Fsp3) is 0.394. The van der Waals surface area contributed by atoms with Crippen molar-refractivity contribution in [1.29, 1.82) is 0 Å². The van der Waals surface area contributed by atoms with Crippen molar-refractivity contribution in [3.8, 4) is 23.0 Å². The van der Waals surface area contributed by atoms with Crippen LogP contribution in [0.25, 0.3) is 6.08 Å². The normalized spacial score (nSPS) is 16.4. The van der Waals surface area contributed by atoms with Crippen molar-refractivity contribution in [2.45, 2.75) is 26.8 Å². The molecular formula is C33H37N3O9S. The Bertz CT molecular complexity index is 1820. The number of allylic oxidation sites excluding steroid dienone is 1. The van der Waals surface area contributed by atoms with Gasteiger partial charge in [-0.1, -0.05) is 23.5 Å². The minimum absolute atomic E-state index is 0.127. The highest BCUT2D eigenvalue weighted by atomic mass is 32.1. The number of rotatable bonds is 11. The highest BCUT2D eigenvalue weighted by Crippen LogP contribution is 2.36. The van der Waals surface area contributed by atoms with Crippen molar-refractivity contribution >= 4 is 29.3 Å². The van der Waals surface area contributed by atoms with E-state index in [0.29, 0.717) is 82.1 Å². The Kier molecular flexibility index (Phi) is 10.4. The first-order chi connectivity index (χ1) is 22.3. The van der Waals surface area contributed by atoms with Gasteiger partial charge in [-0.3, -0.25) is 14.2 Å². The van der Waals surface area contributed by atoms with Crippen molar-refractivity contribution in [3.63, 3.8) is 0 Å². The summed E-state index contributed by atoms with van der Waals surface area (Å²) in [5.41, 5.74) is 1.71. The van der Waals surface area contributed by atoms with Crippen molar-refractivity contribution < 1.29 is 38.0 Å². The first-order valence-electron chi connectivity index (χ1n) is 15.0. The molecule has 1 amide bonds. The molecule has 1 fully saturated rings. The third-order valence-corrected chi connectivity index (χ3v) is 8.50. The maximum atomic E-state index is 14.1. The number of aromatic nitrogens is 1. The molecule has 3 heterocycles. The molecule has 1 saturated heterocycles. The van der Waals surface area contributed by atoms with Crippen LogP contribution in [0.4, 0.5) is 0 Å². The number of methoxy groups -OCH3 is 2. The van der Waals surface area contributed by atoms with E-state index in [4.69, 9.17) is 28.4 Å². The van der Waals surface area contributed by atoms with E-state index in [2.05, 4.69) is 4.99 Å². The highest BCUT2D eigenvalue weighted by Gasteiger charge is 2.34. The molecule has 2 aromatic carbocycles. The van der Waals surface area contributed by atoms with E-state index in [1.807, 2.05) is 6.92 Å². The van der Waals surface area contributed by atoms with Crippen molar-refractivity contribution in [2.75, 3.05) is 60.3 Å². The summed E-state index contributed by atoms with van der Waals surface area (Å²) in [6.07, 6.45) is 1.74. The molecule has 13 heteroatoms. The molecule has 0 bridgehead atoms. The number of morpholine rings is 1. The number of hydrogen-bond acceptors (Lipinski definition) is 11. The quantitative estimate of drug-likeness (QED) is 0.288. The number of amides is 1. The second kappa shape index (κ2) is 14.6. The van der Waals surface area contributed by atoms with E-state index in [1.165, 1.54) is 30.1 Å². The van der Waals surface area contributed by atoms with Crippen LogP contribution in [0.1, 0.15) is 37.9 Å². The van der Waals surface area contributed by atoms with Gasteiger partial charge < -0.3 is 33.3 Å². The topological polar surface area (TPSA) is 127 Å². The van der Waals surface area contributed by atoms with Crippen LogP contribution >= 0.6 is 11.3 Å². The van der Waals surface area contributed by atoms with Gasteiger partial charge in [0.2, 0.25) is 0 Å². The average Bonchev–Trinajstić information content (AvgIpc) is 3.37. The predicted octanol–water partition coefficient (Wildman–Crippen LogP) is 2.45. The van der Waals surface area contributed by atoms with Crippen LogP contribution < -0.4 is 33.8 Å². The van der Waals surface area contributed by atoms with Gasteiger partial charge in [-0.05, 0) is 62.2 Å². The zero-order chi connectivity index (χ0) is 32.8. The SMILES string of the molecule is CCOC(=O)C1=C(C)N=c2s/c(=C/c3ccc(OCC(=O)N4CCOCC4)c(OCC)c3)c(=O)n2[C@H]1c1ccc(OC)c(OC)c1. The van der Waals surface area contributed by atoms with Crippen molar-refractivity contribution in [2.24, 2.45) is 4.99 Å². The molecule has 1 atom stereocenters. The molecule has 0 unspecified atom stereocenters. The van der Waals surface area contributed by atoms with E-state index in [0.717, 1.165) is 0 Å². The van der Waals surface area contributed by atoms with Crippen LogP contribution in [-0.2, 0) is 19.1 Å². The largest absolute Gasteiger partial charge is 0.493 e. The summed E-state index contributed by atoms with van der Waals surface area (Å²) in [5, 5.41) is 0. The van der Waals surface area contributed by atoms with Crippen molar-refractivity contribution in [3.05, 3.63) is 78.5 Å². The summed E-state index contributed by atoms with van der Waals surface area (Å²) in [4.78, 5) is 46.7. The number of hydrogen-bond donors (Lipinski definition) is 0. The fourth-order valence-corrected chi connectivity index (χ4v) is 6.37. The molecule has 0 saturated carbocycles. The molecule has 46 heavy (non-hydrogen) atoms. The molecule has 0 N–H and O–H groups in total. The van der Waals surface area contributed by atoms with E-state index in [-0.39, 0.29) is 30.3 Å². The maximum Gasteiger partial charge on any atom is 0.338 e. The van der Waals surface area contributed by atoms with E-state index >= 15 is 0 Å². The molecule has 12 nitrogen and oxygen atoms in total. The fourth-order valence-electron chi connectivity index (χ4n) is 5.33. The number of fused-ring (bicyclic) bond motifs is 1. The summed E-state index contributed by atoms with van der Waals surface area (Å²) < 4.78 is 35.2. The molecule has 244 valence electrons. The molecule has 0 spiro atoms. The summed E-state index contributed by atoms with van der Waals surface area (Å²) in [5.74, 6) is 1.16. The Morgan fingerprint density at radius 3 is 2.41 bits per heavy atom. The molecule has 2 aliphatic heterocycles. The second-order valence-corrected chi connectivity index (χ2v) is 11.3. The number of esters is 1. The molecule has 1 aromatic heterocycles. The lowest BCUT2D eigenvalue weighted by Gasteiger charge is -2.26. The van der Waals surface area contributed by atoms with E-state index < -0.39 is 12.0 Å². The van der Waals surface area contributed by atoms with Gasteiger partial charge in [0.25, 0.3) is 11.5 Å². The average molecular weight is 652 g/mol. The number of thiazole rings is 1. The summed E-state index contributed by atoms with van der Waals surface area (Å²) in [6.45, 7) is 7.80. The summed E-state index contributed by atoms with van der Waals surface area (Å²) in [7, 11) is 3.06. The first kappa shape index (κ1) is 32.8. The first-order valence-corrected chi connectivity index (χ1v) is 15.8. The third-order valence-electron chi connectivity index (χ3n) is 7.52. The Morgan fingerprint density at radius 2 is 1.72 bits per heavy atom. The lowest BCUT2D eigenvalue weighted by Crippen LogP contribution is -2.43. The van der Waals surface area contributed by atoms with Crippen LogP contribution in [0, 0.1) is 0 Å². The zero-order valence-corrected chi connectivity index (χ0v) is 27.3. The smallest absolute Gasteiger partial charge is 0.338 e. The van der Waals surface area contributed by atoms with Crippen LogP contribution in [0.15, 0.2) is 57.5 Å². The summed E-state index contributed by atoms with van der Waals surface area (Å²) >= 11 is 1.21. The number of ether oxygens (including phenoxy) is 6. The number of nitrogens with zero attached hydrogens (tertiary/aromatic N) is 3. The van der Waals surface area contributed by atoms with Gasteiger partial charge in [0.1, 0.15) is 0 Å². The Morgan fingerprint density at radius 1 is 0.978 bits per heavy atom. The predicted molar refractivity (Wildman–Crippen MR) is 170 cm³/mol. The highest BCUT2D eigenvalue weighted by molar-refractivity contribution is 7.07. The lowest BCUT2D eigenvalue weighted by molar-refractivity contribution is -0.139. The Labute approximate surface area is 270 Å². The standard InChI is InChI=1S/C33H37N3O9S/c1-6-43-26-16-21(8-10-24(26)45-19-28(37)35-12-14-42-15-13-35)17-27-31(38)36-30(22-9-11-23(40-4)25(18-22)41-5)29(32(39)44-7-2)20(3)34-33(36)46-27/h8-11,16-18,30H,6-7,12-15,19H2,1-5H3/b27-17+/t30-/m0/s1. The van der Waals surface area contributed by atoms with Crippen LogP contribution in [0.3, 0.4) is 0 Å². The minimum Gasteiger partial charge on any atom is -0.493 e. The van der Waals surface area contributed by atoms with Gasteiger partial charge >= 0.3 is 5.97 Å². The maximum absolute atomic E-state index is 14.1. The molecule has 0 aliphatic carbocycles. The van der Waals surface area contributed by atoms with Gasteiger partial charge in [0.05, 0.1) is 62.5 Å². The van der Waals surface area contributed by atoms with Gasteiger partial charge in [0.15, 0.2) is 34.4 Å². The number of carbonyl (C=O) groups is 2. The van der Waals surface area contributed by atoms with Crippen LogP contribution in [0.2, 0.25) is 0 Å². The molecule has 0 radical (unpaired) electrons. The van der Waals surface area contributed by atoms with Crippen LogP contribution in [-0.4, -0.2) is 81.7 Å². The van der Waals surface area contributed by atoms with Crippen LogP contribution in [0.5, 0.6) is 23.0 Å². The number of benzene rings is 2. The van der Waals surface area contributed by atoms with Gasteiger partial charge in [-0.25, -0.2) is 9.79 Å². The summed E-state index contributed by atoms with van der Waals surface area (Å²) in [6, 6.07) is 9.73. The third kappa shape index (κ3) is 6.80. The molecule has 5 rings (SSSR count). The molecule has 3 aromatic rings.